The Bertz CT molecular complexity index is 572. The number of aromatic nitrogens is 1. The Morgan fingerprint density at radius 1 is 1.50 bits per heavy atom. The van der Waals surface area contributed by atoms with Crippen molar-refractivity contribution in [1.82, 2.24) is 15.2 Å². The second-order valence-electron chi connectivity index (χ2n) is 4.64. The third kappa shape index (κ3) is 3.88. The molecule has 0 bridgehead atoms. The largest absolute Gasteiger partial charge is 0.350 e. The number of likely N-dealkylation sites (N-methyl/N-ethyl adjacent to an activating group) is 1. The minimum Gasteiger partial charge on any atom is -0.350 e. The predicted molar refractivity (Wildman–Crippen MR) is 85.0 cm³/mol. The summed E-state index contributed by atoms with van der Waals surface area (Å²) in [4.78, 5) is 18.2. The zero-order valence-corrected chi connectivity index (χ0v) is 13.7. The molecule has 2 aromatic rings. The lowest BCUT2D eigenvalue weighted by Gasteiger charge is -2.24. The van der Waals surface area contributed by atoms with E-state index in [-0.39, 0.29) is 11.9 Å². The standard InChI is InChI=1S/C14H16BrN3OS/c1-18(2)13(10-3-4-20-9-10)8-17-14(19)11-5-12(15)7-16-6-11/h3-7,9,13H,8H2,1-2H3,(H,17,19)/t13-/m1/s1. The summed E-state index contributed by atoms with van der Waals surface area (Å²) in [5.74, 6) is -0.110. The van der Waals surface area contributed by atoms with Crippen LogP contribution in [0.5, 0.6) is 0 Å². The third-order valence-electron chi connectivity index (χ3n) is 2.97. The van der Waals surface area contributed by atoms with Gasteiger partial charge in [-0.3, -0.25) is 9.78 Å². The van der Waals surface area contributed by atoms with Crippen LogP contribution in [0, 0.1) is 0 Å². The summed E-state index contributed by atoms with van der Waals surface area (Å²) in [5.41, 5.74) is 1.77. The van der Waals surface area contributed by atoms with E-state index in [1.54, 1.807) is 29.8 Å². The van der Waals surface area contributed by atoms with Crippen molar-refractivity contribution in [2.75, 3.05) is 20.6 Å². The van der Waals surface area contributed by atoms with Gasteiger partial charge >= 0.3 is 0 Å². The number of rotatable bonds is 5. The SMILES string of the molecule is CN(C)[C@H](CNC(=O)c1cncc(Br)c1)c1ccsc1. The van der Waals surface area contributed by atoms with Crippen molar-refractivity contribution in [2.24, 2.45) is 0 Å². The van der Waals surface area contributed by atoms with Crippen LogP contribution in [-0.4, -0.2) is 36.4 Å². The van der Waals surface area contributed by atoms with E-state index >= 15 is 0 Å². The smallest absolute Gasteiger partial charge is 0.252 e. The minimum atomic E-state index is -0.110. The molecular formula is C14H16BrN3OS. The monoisotopic (exact) mass is 353 g/mol. The maximum Gasteiger partial charge on any atom is 0.252 e. The van der Waals surface area contributed by atoms with Crippen LogP contribution in [0.3, 0.4) is 0 Å². The number of carbonyl (C=O) groups excluding carboxylic acids is 1. The summed E-state index contributed by atoms with van der Waals surface area (Å²) in [5, 5.41) is 7.12. The molecule has 0 spiro atoms. The zero-order chi connectivity index (χ0) is 14.5. The molecule has 0 aliphatic carbocycles. The quantitative estimate of drug-likeness (QED) is 0.898. The van der Waals surface area contributed by atoms with Crippen molar-refractivity contribution in [1.29, 1.82) is 0 Å². The Hall–Kier alpha value is -1.24. The molecule has 0 fully saturated rings. The average Bonchev–Trinajstić information content (AvgIpc) is 2.92. The van der Waals surface area contributed by atoms with Crippen LogP contribution >= 0.6 is 27.3 Å². The number of nitrogens with one attached hydrogen (secondary N) is 1. The minimum absolute atomic E-state index is 0.110. The Labute approximate surface area is 131 Å². The van der Waals surface area contributed by atoms with E-state index in [9.17, 15) is 4.79 Å². The summed E-state index contributed by atoms with van der Waals surface area (Å²) in [6, 6.07) is 4.02. The molecule has 106 valence electrons. The number of carbonyl (C=O) groups is 1. The van der Waals surface area contributed by atoms with Gasteiger partial charge in [0, 0.05) is 23.4 Å². The number of halogens is 1. The van der Waals surface area contributed by atoms with E-state index in [0.29, 0.717) is 12.1 Å². The van der Waals surface area contributed by atoms with Crippen LogP contribution in [-0.2, 0) is 0 Å². The lowest BCUT2D eigenvalue weighted by atomic mass is 10.1. The average molecular weight is 354 g/mol. The van der Waals surface area contributed by atoms with Gasteiger partial charge in [-0.15, -0.1) is 0 Å². The van der Waals surface area contributed by atoms with Gasteiger partial charge in [-0.05, 0) is 58.5 Å². The fraction of sp³-hybridized carbons (Fsp3) is 0.286. The first-order chi connectivity index (χ1) is 9.58. The topological polar surface area (TPSA) is 45.2 Å². The van der Waals surface area contributed by atoms with Gasteiger partial charge in [0.25, 0.3) is 5.91 Å². The zero-order valence-electron chi connectivity index (χ0n) is 11.3. The van der Waals surface area contributed by atoms with Crippen LogP contribution in [0.4, 0.5) is 0 Å². The number of nitrogens with zero attached hydrogens (tertiary/aromatic N) is 2. The van der Waals surface area contributed by atoms with E-state index in [1.807, 2.05) is 19.5 Å². The molecule has 0 saturated carbocycles. The van der Waals surface area contributed by atoms with Gasteiger partial charge in [0.2, 0.25) is 0 Å². The van der Waals surface area contributed by atoms with Crippen molar-refractivity contribution >= 4 is 33.2 Å². The first kappa shape index (κ1) is 15.2. The summed E-state index contributed by atoms with van der Waals surface area (Å²) in [6.45, 7) is 0.565. The van der Waals surface area contributed by atoms with E-state index in [0.717, 1.165) is 4.47 Å². The summed E-state index contributed by atoms with van der Waals surface area (Å²) >= 11 is 4.98. The lowest BCUT2D eigenvalue weighted by molar-refractivity contribution is 0.0941. The maximum absolute atomic E-state index is 12.1. The van der Waals surface area contributed by atoms with Crippen LogP contribution in [0.15, 0.2) is 39.8 Å². The molecule has 20 heavy (non-hydrogen) atoms. The third-order valence-corrected chi connectivity index (χ3v) is 4.11. The first-order valence-corrected chi connectivity index (χ1v) is 7.89. The number of thiophene rings is 1. The van der Waals surface area contributed by atoms with Gasteiger partial charge < -0.3 is 10.2 Å². The number of pyridine rings is 1. The van der Waals surface area contributed by atoms with Gasteiger partial charge in [-0.2, -0.15) is 11.3 Å². The maximum atomic E-state index is 12.1. The highest BCUT2D eigenvalue weighted by Gasteiger charge is 2.16. The molecule has 0 aliphatic rings. The number of amides is 1. The van der Waals surface area contributed by atoms with Crippen LogP contribution < -0.4 is 5.32 Å². The van der Waals surface area contributed by atoms with Crippen molar-refractivity contribution in [3.63, 3.8) is 0 Å². The van der Waals surface area contributed by atoms with Gasteiger partial charge in [0.05, 0.1) is 11.6 Å². The van der Waals surface area contributed by atoms with Crippen LogP contribution in [0.2, 0.25) is 0 Å². The molecule has 0 unspecified atom stereocenters. The van der Waals surface area contributed by atoms with Gasteiger partial charge in [0.1, 0.15) is 0 Å². The normalized spacial score (nSPS) is 12.4. The van der Waals surface area contributed by atoms with Gasteiger partial charge in [-0.25, -0.2) is 0 Å². The fourth-order valence-electron chi connectivity index (χ4n) is 1.89. The van der Waals surface area contributed by atoms with Crippen molar-refractivity contribution in [3.8, 4) is 0 Å². The second kappa shape index (κ2) is 6.97. The molecule has 0 aromatic carbocycles. The Kier molecular flexibility index (Phi) is 5.28. The molecule has 2 aromatic heterocycles. The second-order valence-corrected chi connectivity index (χ2v) is 6.33. The number of hydrogen-bond donors (Lipinski definition) is 1. The van der Waals surface area contributed by atoms with Crippen molar-refractivity contribution < 1.29 is 4.79 Å². The molecule has 1 amide bonds. The van der Waals surface area contributed by atoms with Crippen LogP contribution in [0.1, 0.15) is 22.0 Å². The predicted octanol–water partition coefficient (Wildman–Crippen LogP) is 2.94. The molecule has 0 aliphatic heterocycles. The van der Waals surface area contributed by atoms with E-state index in [1.165, 1.54) is 5.56 Å². The molecule has 1 atom stereocenters. The summed E-state index contributed by atoms with van der Waals surface area (Å²) in [6.07, 6.45) is 3.22. The molecule has 0 saturated heterocycles. The van der Waals surface area contributed by atoms with E-state index in [4.69, 9.17) is 0 Å². The summed E-state index contributed by atoms with van der Waals surface area (Å²) < 4.78 is 0.798. The Morgan fingerprint density at radius 3 is 2.90 bits per heavy atom. The van der Waals surface area contributed by atoms with E-state index < -0.39 is 0 Å². The lowest BCUT2D eigenvalue weighted by Crippen LogP contribution is -2.34. The van der Waals surface area contributed by atoms with E-state index in [2.05, 4.69) is 42.6 Å². The molecule has 4 nitrogen and oxygen atoms in total. The first-order valence-electron chi connectivity index (χ1n) is 6.15. The number of hydrogen-bond acceptors (Lipinski definition) is 4. The molecule has 0 radical (unpaired) electrons. The highest BCUT2D eigenvalue weighted by atomic mass is 79.9. The molecule has 6 heteroatoms. The highest BCUT2D eigenvalue weighted by Crippen LogP contribution is 2.20. The van der Waals surface area contributed by atoms with Gasteiger partial charge in [-0.1, -0.05) is 0 Å². The van der Waals surface area contributed by atoms with Crippen LogP contribution in [0.25, 0.3) is 0 Å². The van der Waals surface area contributed by atoms with Gasteiger partial charge in [0.15, 0.2) is 0 Å². The van der Waals surface area contributed by atoms with Crippen molar-refractivity contribution in [2.45, 2.75) is 6.04 Å². The van der Waals surface area contributed by atoms with Crippen molar-refractivity contribution in [3.05, 3.63) is 50.9 Å². The molecule has 2 rings (SSSR count). The molecular weight excluding hydrogens is 338 g/mol. The Morgan fingerprint density at radius 2 is 2.30 bits per heavy atom. The molecule has 1 N–H and O–H groups in total. The highest BCUT2D eigenvalue weighted by molar-refractivity contribution is 9.10. The fourth-order valence-corrected chi connectivity index (χ4v) is 2.96. The summed E-state index contributed by atoms with van der Waals surface area (Å²) in [7, 11) is 4.02. The molecule has 2 heterocycles. The Balaban J connectivity index is 2.01.